The molecule has 1 saturated heterocycles. The lowest BCUT2D eigenvalue weighted by molar-refractivity contribution is -0.141. The number of methoxy groups -OCH3 is 1. The number of amides is 1. The van der Waals surface area contributed by atoms with E-state index in [1.54, 1.807) is 7.11 Å². The van der Waals surface area contributed by atoms with Gasteiger partial charge in [0.1, 0.15) is 5.75 Å². The average molecular weight is 277 g/mol. The predicted molar refractivity (Wildman–Crippen MR) is 75.2 cm³/mol. The highest BCUT2D eigenvalue weighted by molar-refractivity contribution is 6.00. The second-order valence-corrected chi connectivity index (χ2v) is 5.33. The zero-order valence-electron chi connectivity index (χ0n) is 11.9. The zero-order valence-corrected chi connectivity index (χ0v) is 11.9. The second kappa shape index (κ2) is 5.53. The van der Waals surface area contributed by atoms with Gasteiger partial charge < -0.3 is 14.7 Å². The fourth-order valence-electron chi connectivity index (χ4n) is 2.38. The number of rotatable bonds is 4. The molecule has 0 aromatic heterocycles. The summed E-state index contributed by atoms with van der Waals surface area (Å²) in [4.78, 5) is 24.6. The van der Waals surface area contributed by atoms with Crippen LogP contribution in [-0.2, 0) is 9.59 Å². The Morgan fingerprint density at radius 2 is 2.15 bits per heavy atom. The van der Waals surface area contributed by atoms with Crippen LogP contribution in [0.15, 0.2) is 18.2 Å². The van der Waals surface area contributed by atoms with Gasteiger partial charge in [0, 0.05) is 13.0 Å². The molecular formula is C15H19NO4. The van der Waals surface area contributed by atoms with E-state index in [1.165, 1.54) is 4.90 Å². The van der Waals surface area contributed by atoms with Gasteiger partial charge in [-0.2, -0.15) is 0 Å². The molecule has 1 amide bonds. The largest absolute Gasteiger partial charge is 0.495 e. The maximum atomic E-state index is 12.0. The second-order valence-electron chi connectivity index (χ2n) is 5.33. The maximum Gasteiger partial charge on any atom is 0.308 e. The number of carboxylic acids is 1. The first-order chi connectivity index (χ1) is 9.43. The van der Waals surface area contributed by atoms with Crippen LogP contribution in [0.3, 0.4) is 0 Å². The summed E-state index contributed by atoms with van der Waals surface area (Å²) < 4.78 is 5.30. The topological polar surface area (TPSA) is 66.8 Å². The lowest BCUT2D eigenvalue weighted by Crippen LogP contribution is -2.26. The number of benzene rings is 1. The van der Waals surface area contributed by atoms with E-state index in [0.717, 1.165) is 5.56 Å². The van der Waals surface area contributed by atoms with Gasteiger partial charge >= 0.3 is 5.97 Å². The van der Waals surface area contributed by atoms with Gasteiger partial charge in [-0.15, -0.1) is 0 Å². The smallest absolute Gasteiger partial charge is 0.308 e. The molecule has 2 rings (SSSR count). The Bertz CT molecular complexity index is 539. The van der Waals surface area contributed by atoms with E-state index in [9.17, 15) is 9.59 Å². The lowest BCUT2D eigenvalue weighted by Gasteiger charge is -2.21. The van der Waals surface area contributed by atoms with Crippen LogP contribution >= 0.6 is 0 Å². The van der Waals surface area contributed by atoms with Gasteiger partial charge in [0.05, 0.1) is 18.7 Å². The highest BCUT2D eigenvalue weighted by Crippen LogP contribution is 2.35. The number of ether oxygens (including phenoxy) is 1. The standard InChI is InChI=1S/C15H19NO4/c1-9(2)10-4-5-13(20-3)12(6-10)16-8-11(15(18)19)7-14(16)17/h4-6,9,11H,7-8H2,1-3H3,(H,18,19). The molecule has 1 aromatic rings. The van der Waals surface area contributed by atoms with Crippen molar-refractivity contribution in [1.29, 1.82) is 0 Å². The molecule has 0 saturated carbocycles. The van der Waals surface area contributed by atoms with Crippen molar-refractivity contribution in [2.45, 2.75) is 26.2 Å². The molecule has 0 spiro atoms. The van der Waals surface area contributed by atoms with Crippen molar-refractivity contribution < 1.29 is 19.4 Å². The van der Waals surface area contributed by atoms with Crippen LogP contribution in [0, 0.1) is 5.92 Å². The van der Waals surface area contributed by atoms with Crippen molar-refractivity contribution >= 4 is 17.6 Å². The van der Waals surface area contributed by atoms with Crippen molar-refractivity contribution in [1.82, 2.24) is 0 Å². The van der Waals surface area contributed by atoms with Crippen LogP contribution in [0.4, 0.5) is 5.69 Å². The van der Waals surface area contributed by atoms with Crippen LogP contribution in [0.5, 0.6) is 5.75 Å². The number of hydrogen-bond acceptors (Lipinski definition) is 3. The van der Waals surface area contributed by atoms with Gasteiger partial charge in [-0.1, -0.05) is 19.9 Å². The van der Waals surface area contributed by atoms with E-state index >= 15 is 0 Å². The third-order valence-corrected chi connectivity index (χ3v) is 3.63. The summed E-state index contributed by atoms with van der Waals surface area (Å²) in [5.74, 6) is -0.826. The van der Waals surface area contributed by atoms with Crippen molar-refractivity contribution in [2.24, 2.45) is 5.92 Å². The molecule has 5 heteroatoms. The Labute approximate surface area is 118 Å². The molecule has 1 atom stereocenters. The molecular weight excluding hydrogens is 258 g/mol. The number of anilines is 1. The van der Waals surface area contributed by atoms with Crippen LogP contribution in [0.25, 0.3) is 0 Å². The number of hydrogen-bond donors (Lipinski definition) is 1. The van der Waals surface area contributed by atoms with E-state index in [1.807, 2.05) is 18.2 Å². The number of carboxylic acid groups (broad SMARTS) is 1. The molecule has 0 radical (unpaired) electrons. The minimum Gasteiger partial charge on any atom is -0.495 e. The van der Waals surface area contributed by atoms with Gasteiger partial charge in [-0.05, 0) is 23.6 Å². The summed E-state index contributed by atoms with van der Waals surface area (Å²) in [7, 11) is 1.54. The predicted octanol–water partition coefficient (Wildman–Crippen LogP) is 2.26. The Kier molecular flexibility index (Phi) is 3.97. The maximum absolute atomic E-state index is 12.0. The number of carbonyl (C=O) groups excluding carboxylic acids is 1. The van der Waals surface area contributed by atoms with Crippen molar-refractivity contribution in [3.63, 3.8) is 0 Å². The first-order valence-electron chi connectivity index (χ1n) is 6.65. The van der Waals surface area contributed by atoms with Crippen LogP contribution < -0.4 is 9.64 Å². The van der Waals surface area contributed by atoms with Gasteiger partial charge in [-0.3, -0.25) is 9.59 Å². The first-order valence-corrected chi connectivity index (χ1v) is 6.65. The van der Waals surface area contributed by atoms with Gasteiger partial charge in [0.15, 0.2) is 0 Å². The summed E-state index contributed by atoms with van der Waals surface area (Å²) in [6.45, 7) is 4.33. The van der Waals surface area contributed by atoms with E-state index in [2.05, 4.69) is 13.8 Å². The number of aliphatic carboxylic acids is 1. The summed E-state index contributed by atoms with van der Waals surface area (Å²) in [5, 5.41) is 9.05. The van der Waals surface area contributed by atoms with Crippen LogP contribution in [0.2, 0.25) is 0 Å². The van der Waals surface area contributed by atoms with E-state index in [0.29, 0.717) is 17.4 Å². The first kappa shape index (κ1) is 14.4. The Morgan fingerprint density at radius 3 is 2.65 bits per heavy atom. The zero-order chi connectivity index (χ0) is 14.9. The molecule has 108 valence electrons. The molecule has 1 unspecified atom stereocenters. The van der Waals surface area contributed by atoms with E-state index in [4.69, 9.17) is 9.84 Å². The molecule has 1 heterocycles. The Balaban J connectivity index is 2.38. The minimum absolute atomic E-state index is 0.0460. The third kappa shape index (κ3) is 2.61. The SMILES string of the molecule is COc1ccc(C(C)C)cc1N1CC(C(=O)O)CC1=O. The Hall–Kier alpha value is -2.04. The quantitative estimate of drug-likeness (QED) is 0.916. The average Bonchev–Trinajstić information content (AvgIpc) is 2.80. The lowest BCUT2D eigenvalue weighted by atomic mass is 10.0. The fourth-order valence-corrected chi connectivity index (χ4v) is 2.38. The van der Waals surface area contributed by atoms with Crippen molar-refractivity contribution in [2.75, 3.05) is 18.6 Å². The summed E-state index contributed by atoms with van der Waals surface area (Å²) in [6, 6.07) is 5.69. The molecule has 1 N–H and O–H groups in total. The van der Waals surface area contributed by atoms with E-state index in [-0.39, 0.29) is 18.9 Å². The minimum atomic E-state index is -0.931. The van der Waals surface area contributed by atoms with Crippen LogP contribution in [0.1, 0.15) is 31.7 Å². The fraction of sp³-hybridized carbons (Fsp3) is 0.467. The summed E-state index contributed by atoms with van der Waals surface area (Å²) in [6.07, 6.45) is 0.0460. The molecule has 20 heavy (non-hydrogen) atoms. The number of carbonyl (C=O) groups is 2. The molecule has 0 bridgehead atoms. The normalized spacial score (nSPS) is 18.7. The van der Waals surface area contributed by atoms with Crippen molar-refractivity contribution in [3.8, 4) is 5.75 Å². The summed E-state index contributed by atoms with van der Waals surface area (Å²) in [5.41, 5.74) is 1.75. The Morgan fingerprint density at radius 1 is 1.45 bits per heavy atom. The molecule has 1 aliphatic heterocycles. The van der Waals surface area contributed by atoms with Crippen LogP contribution in [-0.4, -0.2) is 30.6 Å². The third-order valence-electron chi connectivity index (χ3n) is 3.63. The molecule has 5 nitrogen and oxygen atoms in total. The van der Waals surface area contributed by atoms with Gasteiger partial charge in [-0.25, -0.2) is 0 Å². The summed E-state index contributed by atoms with van der Waals surface area (Å²) >= 11 is 0. The molecule has 0 aliphatic carbocycles. The molecule has 1 aromatic carbocycles. The van der Waals surface area contributed by atoms with E-state index < -0.39 is 11.9 Å². The van der Waals surface area contributed by atoms with Gasteiger partial charge in [0.25, 0.3) is 0 Å². The number of nitrogens with zero attached hydrogens (tertiary/aromatic N) is 1. The molecule has 1 fully saturated rings. The molecule has 1 aliphatic rings. The monoisotopic (exact) mass is 277 g/mol. The highest BCUT2D eigenvalue weighted by Gasteiger charge is 2.36. The highest BCUT2D eigenvalue weighted by atomic mass is 16.5. The van der Waals surface area contributed by atoms with Gasteiger partial charge in [0.2, 0.25) is 5.91 Å². The van der Waals surface area contributed by atoms with Crippen molar-refractivity contribution in [3.05, 3.63) is 23.8 Å².